The topological polar surface area (TPSA) is 83.7 Å². The number of pyridine rings is 1. The zero-order valence-corrected chi connectivity index (χ0v) is 13.1. The van der Waals surface area contributed by atoms with E-state index in [1.54, 1.807) is 30.5 Å². The summed E-state index contributed by atoms with van der Waals surface area (Å²) < 4.78 is 1.29. The molecule has 0 saturated carbocycles. The molecule has 120 valence electrons. The summed E-state index contributed by atoms with van der Waals surface area (Å²) >= 11 is 0. The van der Waals surface area contributed by atoms with Crippen LogP contribution >= 0.6 is 0 Å². The molecule has 0 aliphatic rings. The Balaban J connectivity index is 2.13. The second-order valence-corrected chi connectivity index (χ2v) is 5.13. The summed E-state index contributed by atoms with van der Waals surface area (Å²) in [4.78, 5) is 23.5. The second-order valence-electron chi connectivity index (χ2n) is 5.13. The van der Waals surface area contributed by atoms with Crippen molar-refractivity contribution in [2.45, 2.75) is 26.8 Å². The molecule has 0 fully saturated rings. The summed E-state index contributed by atoms with van der Waals surface area (Å²) in [6.45, 7) is 3.69. The first-order valence-corrected chi connectivity index (χ1v) is 7.32. The minimum absolute atomic E-state index is 0.111. The van der Waals surface area contributed by atoms with Crippen LogP contribution in [-0.4, -0.2) is 21.3 Å². The highest BCUT2D eigenvalue weighted by atomic mass is 16.3. The van der Waals surface area contributed by atoms with E-state index in [2.05, 4.69) is 10.5 Å². The van der Waals surface area contributed by atoms with Crippen LogP contribution in [0.1, 0.15) is 24.5 Å². The summed E-state index contributed by atoms with van der Waals surface area (Å²) in [5.74, 6) is -0.291. The van der Waals surface area contributed by atoms with Gasteiger partial charge in [-0.25, -0.2) is 5.43 Å². The van der Waals surface area contributed by atoms with Gasteiger partial charge in [-0.1, -0.05) is 24.6 Å². The van der Waals surface area contributed by atoms with Crippen molar-refractivity contribution in [2.24, 2.45) is 5.10 Å². The smallest absolute Gasteiger partial charge is 0.260 e. The van der Waals surface area contributed by atoms with Gasteiger partial charge < -0.3 is 9.67 Å². The number of rotatable bonds is 5. The van der Waals surface area contributed by atoms with Crippen LogP contribution in [0.3, 0.4) is 0 Å². The number of benzene rings is 1. The van der Waals surface area contributed by atoms with Gasteiger partial charge >= 0.3 is 0 Å². The molecule has 0 aliphatic heterocycles. The number of aromatic nitrogens is 1. The van der Waals surface area contributed by atoms with E-state index in [1.165, 1.54) is 10.6 Å². The monoisotopic (exact) mass is 313 g/mol. The average Bonchev–Trinajstić information content (AvgIpc) is 2.53. The quantitative estimate of drug-likeness (QED) is 0.652. The van der Waals surface area contributed by atoms with Gasteiger partial charge in [0.05, 0.1) is 5.71 Å². The second kappa shape index (κ2) is 7.40. The molecule has 1 aromatic heterocycles. The molecule has 0 aliphatic carbocycles. The number of carbonyl (C=O) groups excluding carboxylic acids is 1. The Morgan fingerprint density at radius 1 is 1.30 bits per heavy atom. The molecule has 1 heterocycles. The van der Waals surface area contributed by atoms with E-state index in [4.69, 9.17) is 0 Å². The SMILES string of the molecule is CC/C(=N\NC(=O)Cn1ccccc1=O)c1cc(C)ccc1O. The number of hydrogen-bond acceptors (Lipinski definition) is 4. The normalized spacial score (nSPS) is 11.3. The number of nitrogens with zero attached hydrogens (tertiary/aromatic N) is 2. The van der Waals surface area contributed by atoms with Crippen molar-refractivity contribution in [2.75, 3.05) is 0 Å². The van der Waals surface area contributed by atoms with Crippen molar-refractivity contribution in [1.29, 1.82) is 0 Å². The maximum absolute atomic E-state index is 11.9. The fourth-order valence-corrected chi connectivity index (χ4v) is 2.12. The Hall–Kier alpha value is -2.89. The average molecular weight is 313 g/mol. The van der Waals surface area contributed by atoms with E-state index in [-0.39, 0.29) is 17.9 Å². The predicted octanol–water partition coefficient (Wildman–Crippen LogP) is 1.79. The Kier molecular flexibility index (Phi) is 5.30. The van der Waals surface area contributed by atoms with Crippen molar-refractivity contribution in [3.05, 3.63) is 64.1 Å². The number of aryl methyl sites for hydroxylation is 1. The number of nitrogens with one attached hydrogen (secondary N) is 1. The van der Waals surface area contributed by atoms with Crippen LogP contribution in [0.2, 0.25) is 0 Å². The van der Waals surface area contributed by atoms with Crippen LogP contribution in [-0.2, 0) is 11.3 Å². The number of aromatic hydroxyl groups is 1. The molecular weight excluding hydrogens is 294 g/mol. The first kappa shape index (κ1) is 16.5. The number of hydrazone groups is 1. The van der Waals surface area contributed by atoms with Crippen molar-refractivity contribution in [3.8, 4) is 5.75 Å². The van der Waals surface area contributed by atoms with Gasteiger partial charge in [0.25, 0.3) is 11.5 Å². The van der Waals surface area contributed by atoms with Crippen LogP contribution < -0.4 is 11.0 Å². The van der Waals surface area contributed by atoms with E-state index in [1.807, 2.05) is 19.9 Å². The van der Waals surface area contributed by atoms with Gasteiger partial charge in [0.2, 0.25) is 0 Å². The van der Waals surface area contributed by atoms with Crippen molar-refractivity contribution in [1.82, 2.24) is 9.99 Å². The zero-order valence-electron chi connectivity index (χ0n) is 13.1. The zero-order chi connectivity index (χ0) is 16.8. The molecule has 1 amide bonds. The fourth-order valence-electron chi connectivity index (χ4n) is 2.12. The Bertz CT molecular complexity index is 794. The summed E-state index contributed by atoms with van der Waals surface area (Å²) in [6.07, 6.45) is 2.08. The van der Waals surface area contributed by atoms with Crippen LogP contribution in [0.4, 0.5) is 0 Å². The van der Waals surface area contributed by atoms with Gasteiger partial charge in [-0.3, -0.25) is 9.59 Å². The van der Waals surface area contributed by atoms with Crippen molar-refractivity contribution in [3.63, 3.8) is 0 Å². The number of phenolic OH excluding ortho intramolecular Hbond substituents is 1. The minimum atomic E-state index is -0.406. The molecule has 0 radical (unpaired) electrons. The lowest BCUT2D eigenvalue weighted by atomic mass is 10.0. The lowest BCUT2D eigenvalue weighted by molar-refractivity contribution is -0.121. The summed E-state index contributed by atoms with van der Waals surface area (Å²) in [7, 11) is 0. The van der Waals surface area contributed by atoms with E-state index < -0.39 is 5.91 Å². The molecule has 2 N–H and O–H groups in total. The highest BCUT2D eigenvalue weighted by Gasteiger charge is 2.09. The maximum Gasteiger partial charge on any atom is 0.260 e. The fraction of sp³-hybridized carbons (Fsp3) is 0.235. The maximum atomic E-state index is 11.9. The van der Waals surface area contributed by atoms with Crippen LogP contribution in [0, 0.1) is 6.92 Å². The van der Waals surface area contributed by atoms with Gasteiger partial charge in [0, 0.05) is 17.8 Å². The Morgan fingerprint density at radius 3 is 2.78 bits per heavy atom. The van der Waals surface area contributed by atoms with Crippen LogP contribution in [0.15, 0.2) is 52.5 Å². The molecular formula is C17H19N3O3. The molecule has 0 saturated heterocycles. The molecule has 23 heavy (non-hydrogen) atoms. The van der Waals surface area contributed by atoms with Gasteiger partial charge in [0.15, 0.2) is 0 Å². The number of amides is 1. The van der Waals surface area contributed by atoms with E-state index >= 15 is 0 Å². The lowest BCUT2D eigenvalue weighted by Gasteiger charge is -2.09. The molecule has 1 aromatic carbocycles. The standard InChI is InChI=1S/C17H19N3O3/c1-3-14(13-10-12(2)7-8-15(13)21)18-19-16(22)11-20-9-5-4-6-17(20)23/h4-10,21H,3,11H2,1-2H3,(H,19,22)/b18-14+. The molecule has 2 rings (SSSR count). The summed E-state index contributed by atoms with van der Waals surface area (Å²) in [6, 6.07) is 9.89. The molecule has 6 heteroatoms. The third-order valence-electron chi connectivity index (χ3n) is 3.33. The predicted molar refractivity (Wildman–Crippen MR) is 88.5 cm³/mol. The highest BCUT2D eigenvalue weighted by molar-refractivity contribution is 6.03. The van der Waals surface area contributed by atoms with Gasteiger partial charge in [-0.05, 0) is 31.5 Å². The molecule has 2 aromatic rings. The number of hydrogen-bond donors (Lipinski definition) is 2. The number of phenols is 1. The molecule has 0 atom stereocenters. The van der Waals surface area contributed by atoms with Gasteiger partial charge in [0.1, 0.15) is 12.3 Å². The van der Waals surface area contributed by atoms with Crippen molar-refractivity contribution < 1.29 is 9.90 Å². The first-order chi connectivity index (χ1) is 11.0. The first-order valence-electron chi connectivity index (χ1n) is 7.32. The van der Waals surface area contributed by atoms with Gasteiger partial charge in [-0.15, -0.1) is 0 Å². The number of carbonyl (C=O) groups is 1. The summed E-state index contributed by atoms with van der Waals surface area (Å²) in [5, 5.41) is 14.0. The van der Waals surface area contributed by atoms with E-state index in [0.717, 1.165) is 5.56 Å². The summed E-state index contributed by atoms with van der Waals surface area (Å²) in [5.41, 5.74) is 4.33. The van der Waals surface area contributed by atoms with Crippen molar-refractivity contribution >= 4 is 11.6 Å². The van der Waals surface area contributed by atoms with Crippen LogP contribution in [0.5, 0.6) is 5.75 Å². The highest BCUT2D eigenvalue weighted by Crippen LogP contribution is 2.20. The largest absolute Gasteiger partial charge is 0.507 e. The Labute approximate surface area is 134 Å². The van der Waals surface area contributed by atoms with Crippen LogP contribution in [0.25, 0.3) is 0 Å². The minimum Gasteiger partial charge on any atom is -0.507 e. The van der Waals surface area contributed by atoms with E-state index in [9.17, 15) is 14.7 Å². The molecule has 6 nitrogen and oxygen atoms in total. The molecule has 0 unspecified atom stereocenters. The van der Waals surface area contributed by atoms with E-state index in [0.29, 0.717) is 17.7 Å². The molecule has 0 spiro atoms. The third kappa shape index (κ3) is 4.29. The Morgan fingerprint density at radius 2 is 2.09 bits per heavy atom. The molecule has 0 bridgehead atoms. The lowest BCUT2D eigenvalue weighted by Crippen LogP contribution is -2.29. The third-order valence-corrected chi connectivity index (χ3v) is 3.33. The van der Waals surface area contributed by atoms with Gasteiger partial charge in [-0.2, -0.15) is 5.10 Å².